The van der Waals surface area contributed by atoms with Crippen molar-refractivity contribution in [2.24, 2.45) is 0 Å². The zero-order chi connectivity index (χ0) is 25.2. The van der Waals surface area contributed by atoms with Crippen LogP contribution in [0.5, 0.6) is 5.75 Å². The minimum absolute atomic E-state index is 0.0104. The van der Waals surface area contributed by atoms with E-state index in [1.165, 1.54) is 29.0 Å². The van der Waals surface area contributed by atoms with Gasteiger partial charge in [-0.3, -0.25) is 9.59 Å². The van der Waals surface area contributed by atoms with Gasteiger partial charge in [0.05, 0.1) is 22.4 Å². The van der Waals surface area contributed by atoms with Gasteiger partial charge in [-0.05, 0) is 68.8 Å². The molecule has 0 radical (unpaired) electrons. The third-order valence-corrected chi connectivity index (χ3v) is 7.33. The lowest BCUT2D eigenvalue weighted by atomic mass is 10.2. The fraction of sp³-hybridized carbons (Fsp3) is 0.185. The number of rotatable bonds is 7. The van der Waals surface area contributed by atoms with E-state index in [1.807, 2.05) is 39.0 Å². The average molecular weight is 491 g/mol. The first-order valence-electron chi connectivity index (χ1n) is 11.2. The van der Waals surface area contributed by atoms with Crippen molar-refractivity contribution in [3.8, 4) is 5.75 Å². The van der Waals surface area contributed by atoms with Crippen LogP contribution >= 0.6 is 0 Å². The number of sulfone groups is 1. The lowest BCUT2D eigenvalue weighted by molar-refractivity contribution is -0.116. The summed E-state index contributed by atoms with van der Waals surface area (Å²) in [5.74, 6) is 0.0888. The molecule has 0 aliphatic heterocycles. The molecule has 4 aromatic rings. The first-order chi connectivity index (χ1) is 16.7. The average Bonchev–Trinajstić information content (AvgIpc) is 2.81. The molecule has 0 bridgehead atoms. The van der Waals surface area contributed by atoms with E-state index >= 15 is 0 Å². The highest BCUT2D eigenvalue weighted by atomic mass is 32.2. The summed E-state index contributed by atoms with van der Waals surface area (Å²) in [6.45, 7) is 5.79. The molecule has 0 saturated carbocycles. The maximum absolute atomic E-state index is 13.4. The number of nitrogens with one attached hydrogen (secondary N) is 1. The smallest absolute Gasteiger partial charge is 0.244 e. The number of amides is 1. The number of ether oxygens (including phenoxy) is 1. The maximum Gasteiger partial charge on any atom is 0.244 e. The first kappa shape index (κ1) is 24.2. The van der Waals surface area contributed by atoms with Crippen LogP contribution in [0.15, 0.2) is 87.5 Å². The molecule has 0 aliphatic carbocycles. The Morgan fingerprint density at radius 3 is 2.40 bits per heavy atom. The number of hydrogen-bond donors (Lipinski definition) is 1. The number of aromatic nitrogens is 1. The van der Waals surface area contributed by atoms with Crippen LogP contribution in [0, 0.1) is 13.8 Å². The van der Waals surface area contributed by atoms with Crippen molar-refractivity contribution in [3.63, 3.8) is 0 Å². The largest absolute Gasteiger partial charge is 0.494 e. The monoisotopic (exact) mass is 490 g/mol. The van der Waals surface area contributed by atoms with Gasteiger partial charge in [0.25, 0.3) is 0 Å². The van der Waals surface area contributed by atoms with Crippen molar-refractivity contribution in [2.75, 3.05) is 11.9 Å². The second kappa shape index (κ2) is 9.76. The van der Waals surface area contributed by atoms with Gasteiger partial charge in [0.15, 0.2) is 0 Å². The maximum atomic E-state index is 13.4. The Balaban J connectivity index is 1.84. The van der Waals surface area contributed by atoms with E-state index in [2.05, 4.69) is 5.32 Å². The Bertz CT molecular complexity index is 1570. The van der Waals surface area contributed by atoms with E-state index in [-0.39, 0.29) is 22.7 Å². The predicted molar refractivity (Wildman–Crippen MR) is 136 cm³/mol. The van der Waals surface area contributed by atoms with Crippen molar-refractivity contribution >= 4 is 32.3 Å². The normalized spacial score (nSPS) is 11.4. The number of hydrogen-bond acceptors (Lipinski definition) is 5. The molecule has 0 spiro atoms. The Labute approximate surface area is 203 Å². The summed E-state index contributed by atoms with van der Waals surface area (Å²) < 4.78 is 33.9. The second-order valence-corrected chi connectivity index (χ2v) is 10.2. The van der Waals surface area contributed by atoms with Crippen LogP contribution in [-0.4, -0.2) is 25.5 Å². The quantitative estimate of drug-likeness (QED) is 0.412. The summed E-state index contributed by atoms with van der Waals surface area (Å²) in [6, 6.07) is 18.5. The van der Waals surface area contributed by atoms with Gasteiger partial charge in [-0.2, -0.15) is 0 Å². The van der Waals surface area contributed by atoms with E-state index in [0.29, 0.717) is 23.6 Å². The number of carbonyl (C=O) groups is 1. The molecule has 0 fully saturated rings. The summed E-state index contributed by atoms with van der Waals surface area (Å²) in [7, 11) is -4.13. The Morgan fingerprint density at radius 1 is 0.971 bits per heavy atom. The molecular formula is C27H26N2O5S. The summed E-state index contributed by atoms with van der Waals surface area (Å²) in [5.41, 5.74) is 2.31. The summed E-state index contributed by atoms with van der Waals surface area (Å²) >= 11 is 0. The van der Waals surface area contributed by atoms with Crippen LogP contribution in [0.25, 0.3) is 10.9 Å². The standard InChI is InChI=1S/C27H26N2O5S/c1-4-34-21-10-13-24-23(15-21)27(31)25(35(32,33)22-11-8-18(2)9-12-22)16-29(24)17-26(30)28-20-7-5-6-19(3)14-20/h5-16H,4,17H2,1-3H3,(H,28,30). The van der Waals surface area contributed by atoms with Crippen LogP contribution in [0.2, 0.25) is 0 Å². The highest BCUT2D eigenvalue weighted by molar-refractivity contribution is 7.91. The molecule has 0 atom stereocenters. The van der Waals surface area contributed by atoms with E-state index in [9.17, 15) is 18.0 Å². The van der Waals surface area contributed by atoms with Crippen molar-refractivity contribution in [2.45, 2.75) is 37.1 Å². The summed E-state index contributed by atoms with van der Waals surface area (Å²) in [4.78, 5) is 25.9. The molecule has 1 amide bonds. The van der Waals surface area contributed by atoms with Crippen molar-refractivity contribution in [1.29, 1.82) is 0 Å². The molecule has 4 rings (SSSR count). The van der Waals surface area contributed by atoms with Gasteiger partial charge < -0.3 is 14.6 Å². The topological polar surface area (TPSA) is 94.5 Å². The van der Waals surface area contributed by atoms with Crippen LogP contribution in [0.1, 0.15) is 18.1 Å². The molecule has 7 nitrogen and oxygen atoms in total. The number of pyridine rings is 1. The fourth-order valence-electron chi connectivity index (χ4n) is 3.85. The molecule has 1 heterocycles. The molecule has 3 aromatic carbocycles. The molecular weight excluding hydrogens is 464 g/mol. The SMILES string of the molecule is CCOc1ccc2c(c1)c(=O)c(S(=O)(=O)c1ccc(C)cc1)cn2CC(=O)Nc1cccc(C)c1. The van der Waals surface area contributed by atoms with E-state index in [1.54, 1.807) is 30.3 Å². The summed E-state index contributed by atoms with van der Waals surface area (Å²) in [5, 5.41) is 2.99. The minimum Gasteiger partial charge on any atom is -0.494 e. The molecule has 1 N–H and O–H groups in total. The predicted octanol–water partition coefficient (Wildman–Crippen LogP) is 4.49. The van der Waals surface area contributed by atoms with E-state index in [4.69, 9.17) is 4.74 Å². The zero-order valence-electron chi connectivity index (χ0n) is 19.7. The van der Waals surface area contributed by atoms with Crippen molar-refractivity contribution < 1.29 is 17.9 Å². The van der Waals surface area contributed by atoms with Gasteiger partial charge in [0, 0.05) is 11.9 Å². The number of benzene rings is 3. The lowest BCUT2D eigenvalue weighted by Crippen LogP contribution is -2.24. The third kappa shape index (κ3) is 5.12. The lowest BCUT2D eigenvalue weighted by Gasteiger charge is -2.15. The molecule has 8 heteroatoms. The van der Waals surface area contributed by atoms with Crippen LogP contribution in [0.3, 0.4) is 0 Å². The van der Waals surface area contributed by atoms with Crippen molar-refractivity contribution in [3.05, 3.63) is 94.3 Å². The van der Waals surface area contributed by atoms with Crippen LogP contribution in [0.4, 0.5) is 5.69 Å². The molecule has 0 aliphatic rings. The number of nitrogens with zero attached hydrogens (tertiary/aromatic N) is 1. The van der Waals surface area contributed by atoms with E-state index < -0.39 is 20.2 Å². The number of aryl methyl sites for hydroxylation is 2. The molecule has 0 unspecified atom stereocenters. The highest BCUT2D eigenvalue weighted by Crippen LogP contribution is 2.24. The Hall–Kier alpha value is -3.91. The van der Waals surface area contributed by atoms with Gasteiger partial charge in [0.1, 0.15) is 17.2 Å². The molecule has 1 aromatic heterocycles. The van der Waals surface area contributed by atoms with Gasteiger partial charge >= 0.3 is 0 Å². The molecule has 180 valence electrons. The first-order valence-corrected chi connectivity index (χ1v) is 12.7. The summed E-state index contributed by atoms with van der Waals surface area (Å²) in [6.07, 6.45) is 1.25. The number of fused-ring (bicyclic) bond motifs is 1. The number of carbonyl (C=O) groups excluding carboxylic acids is 1. The third-order valence-electron chi connectivity index (χ3n) is 5.57. The van der Waals surface area contributed by atoms with Crippen molar-refractivity contribution in [1.82, 2.24) is 4.57 Å². The van der Waals surface area contributed by atoms with E-state index in [0.717, 1.165) is 11.1 Å². The highest BCUT2D eigenvalue weighted by Gasteiger charge is 2.24. The molecule has 0 saturated heterocycles. The molecule has 35 heavy (non-hydrogen) atoms. The van der Waals surface area contributed by atoms with Gasteiger partial charge in [-0.15, -0.1) is 0 Å². The van der Waals surface area contributed by atoms with Crippen LogP contribution in [-0.2, 0) is 21.2 Å². The van der Waals surface area contributed by atoms with Crippen LogP contribution < -0.4 is 15.5 Å². The zero-order valence-corrected chi connectivity index (χ0v) is 20.6. The second-order valence-electron chi connectivity index (χ2n) is 8.30. The Kier molecular flexibility index (Phi) is 6.75. The number of anilines is 1. The Morgan fingerprint density at radius 2 is 1.71 bits per heavy atom. The van der Waals surface area contributed by atoms with Gasteiger partial charge in [-0.1, -0.05) is 29.8 Å². The van der Waals surface area contributed by atoms with Gasteiger partial charge in [-0.25, -0.2) is 8.42 Å². The fourth-order valence-corrected chi connectivity index (χ4v) is 5.22. The minimum atomic E-state index is -4.13. The van der Waals surface area contributed by atoms with Gasteiger partial charge in [0.2, 0.25) is 21.2 Å².